The molecule has 1 unspecified atom stereocenters. The minimum Gasteiger partial charge on any atom is -0.394 e. The molecular formula is C20H41NO4S. The average molecular weight is 392 g/mol. The lowest BCUT2D eigenvalue weighted by Crippen LogP contribution is -2.57. The maximum Gasteiger partial charge on any atom is 0.221 e. The first-order chi connectivity index (χ1) is 12.5. The maximum absolute atomic E-state index is 11.9. The highest BCUT2D eigenvalue weighted by molar-refractivity contribution is 7.99. The number of carbonyl (C=O) groups excluding carboxylic acids is 1. The lowest BCUT2D eigenvalue weighted by atomic mass is 10.0. The second-order valence-electron chi connectivity index (χ2n) is 7.35. The summed E-state index contributed by atoms with van der Waals surface area (Å²) in [5.74, 6) is 0.466. The second-order valence-corrected chi connectivity index (χ2v) is 8.90. The molecule has 0 radical (unpaired) electrons. The Labute approximate surface area is 164 Å². The van der Waals surface area contributed by atoms with Crippen LogP contribution < -0.4 is 5.32 Å². The summed E-state index contributed by atoms with van der Waals surface area (Å²) < 4.78 is 0. The number of nitrogens with one attached hydrogen (secondary N) is 1. The zero-order chi connectivity index (χ0) is 19.7. The van der Waals surface area contributed by atoms with E-state index < -0.39 is 25.4 Å². The van der Waals surface area contributed by atoms with Crippen molar-refractivity contribution in [3.05, 3.63) is 0 Å². The van der Waals surface area contributed by atoms with Crippen LogP contribution in [0.5, 0.6) is 0 Å². The van der Waals surface area contributed by atoms with Gasteiger partial charge in [-0.05, 0) is 6.42 Å². The fraction of sp³-hybridized carbons (Fsp3) is 0.950. The van der Waals surface area contributed by atoms with Crippen LogP contribution in [0.1, 0.15) is 84.5 Å². The van der Waals surface area contributed by atoms with Crippen LogP contribution >= 0.6 is 11.8 Å². The van der Waals surface area contributed by atoms with E-state index in [-0.39, 0.29) is 5.91 Å². The van der Waals surface area contributed by atoms with Crippen molar-refractivity contribution in [2.45, 2.75) is 95.3 Å². The van der Waals surface area contributed by atoms with E-state index in [0.717, 1.165) is 0 Å². The van der Waals surface area contributed by atoms with E-state index in [1.54, 1.807) is 11.8 Å². The van der Waals surface area contributed by atoms with Gasteiger partial charge in [-0.15, -0.1) is 0 Å². The summed E-state index contributed by atoms with van der Waals surface area (Å²) >= 11 is 1.78. The minimum absolute atomic E-state index is 0.245. The lowest BCUT2D eigenvalue weighted by molar-refractivity contribution is -0.124. The molecule has 1 atom stereocenters. The summed E-state index contributed by atoms with van der Waals surface area (Å²) in [6, 6.07) is 0. The third-order valence-electron chi connectivity index (χ3n) is 4.76. The van der Waals surface area contributed by atoms with Crippen LogP contribution in [0.15, 0.2) is 0 Å². The summed E-state index contributed by atoms with van der Waals surface area (Å²) in [5, 5.41) is 30.7. The molecule has 0 aliphatic carbocycles. The molecule has 1 amide bonds. The van der Waals surface area contributed by atoms with Crippen LogP contribution in [0.25, 0.3) is 0 Å². The first-order valence-corrected chi connectivity index (χ1v) is 11.3. The first-order valence-electron chi connectivity index (χ1n) is 10.3. The molecular weight excluding hydrogens is 350 g/mol. The Morgan fingerprint density at radius 1 is 0.923 bits per heavy atom. The van der Waals surface area contributed by atoms with E-state index in [4.69, 9.17) is 0 Å². The molecule has 0 aliphatic rings. The van der Waals surface area contributed by atoms with Gasteiger partial charge in [0.15, 0.2) is 0 Å². The van der Waals surface area contributed by atoms with Crippen molar-refractivity contribution in [3.8, 4) is 0 Å². The van der Waals surface area contributed by atoms with Crippen molar-refractivity contribution in [2.24, 2.45) is 0 Å². The summed E-state index contributed by atoms with van der Waals surface area (Å²) in [6.45, 7) is 3.01. The third kappa shape index (κ3) is 13.0. The van der Waals surface area contributed by atoms with Gasteiger partial charge in [0.2, 0.25) is 5.91 Å². The number of hydrogen-bond acceptors (Lipinski definition) is 5. The van der Waals surface area contributed by atoms with E-state index in [0.29, 0.717) is 17.4 Å². The highest BCUT2D eigenvalue weighted by Gasteiger charge is 2.29. The Bertz CT molecular complexity index is 330. The van der Waals surface area contributed by atoms with Crippen molar-refractivity contribution >= 4 is 17.7 Å². The highest BCUT2D eigenvalue weighted by atomic mass is 32.2. The van der Waals surface area contributed by atoms with Crippen LogP contribution in [0, 0.1) is 0 Å². The molecule has 0 fully saturated rings. The second kappa shape index (κ2) is 16.8. The summed E-state index contributed by atoms with van der Waals surface area (Å²) in [5.41, 5.74) is -1.32. The Hall–Kier alpha value is -0.300. The zero-order valence-electron chi connectivity index (χ0n) is 16.8. The fourth-order valence-electron chi connectivity index (χ4n) is 2.81. The smallest absolute Gasteiger partial charge is 0.221 e. The van der Waals surface area contributed by atoms with Gasteiger partial charge in [-0.25, -0.2) is 0 Å². The minimum atomic E-state index is -1.32. The van der Waals surface area contributed by atoms with Crippen molar-refractivity contribution in [1.29, 1.82) is 0 Å². The molecule has 0 spiro atoms. The summed E-state index contributed by atoms with van der Waals surface area (Å²) in [6.07, 6.45) is 13.5. The summed E-state index contributed by atoms with van der Waals surface area (Å²) in [4.78, 5) is 11.9. The SMILES string of the molecule is CCCCCCCCCCCC(C)SCCC(=O)NC(CO)(CO)CO. The molecule has 26 heavy (non-hydrogen) atoms. The number of aliphatic hydroxyl groups excluding tert-OH is 3. The van der Waals surface area contributed by atoms with Crippen molar-refractivity contribution in [3.63, 3.8) is 0 Å². The van der Waals surface area contributed by atoms with Gasteiger partial charge in [0, 0.05) is 17.4 Å². The van der Waals surface area contributed by atoms with Gasteiger partial charge in [0.05, 0.1) is 19.8 Å². The Kier molecular flexibility index (Phi) is 16.6. The van der Waals surface area contributed by atoms with Gasteiger partial charge in [-0.2, -0.15) is 11.8 Å². The largest absolute Gasteiger partial charge is 0.394 e. The molecule has 0 saturated carbocycles. The average Bonchev–Trinajstić information content (AvgIpc) is 2.65. The molecule has 5 nitrogen and oxygen atoms in total. The van der Waals surface area contributed by atoms with Gasteiger partial charge >= 0.3 is 0 Å². The van der Waals surface area contributed by atoms with Crippen LogP contribution in [0.2, 0.25) is 0 Å². The molecule has 156 valence electrons. The molecule has 0 bridgehead atoms. The van der Waals surface area contributed by atoms with Gasteiger partial charge in [-0.1, -0.05) is 71.6 Å². The van der Waals surface area contributed by atoms with Gasteiger partial charge in [0.25, 0.3) is 0 Å². The standard InChI is InChI=1S/C20H41NO4S/c1-3-4-5-6-7-8-9-10-11-12-18(2)26-14-13-19(25)21-20(15-22,16-23)17-24/h18,22-24H,3-17H2,1-2H3,(H,21,25). The Balaban J connectivity index is 3.62. The number of amides is 1. The fourth-order valence-corrected chi connectivity index (χ4v) is 3.84. The molecule has 0 aromatic rings. The number of unbranched alkanes of at least 4 members (excludes halogenated alkanes) is 8. The van der Waals surface area contributed by atoms with Gasteiger partial charge in [-0.3, -0.25) is 4.79 Å². The van der Waals surface area contributed by atoms with E-state index in [2.05, 4.69) is 19.2 Å². The summed E-state index contributed by atoms with van der Waals surface area (Å²) in [7, 11) is 0. The van der Waals surface area contributed by atoms with Crippen LogP contribution in [0.4, 0.5) is 0 Å². The van der Waals surface area contributed by atoms with E-state index >= 15 is 0 Å². The van der Waals surface area contributed by atoms with Crippen LogP contribution in [-0.4, -0.2) is 57.6 Å². The van der Waals surface area contributed by atoms with E-state index in [1.807, 2.05) is 0 Å². The normalized spacial score (nSPS) is 13.0. The maximum atomic E-state index is 11.9. The molecule has 0 rings (SSSR count). The monoisotopic (exact) mass is 391 g/mol. The zero-order valence-corrected chi connectivity index (χ0v) is 17.7. The van der Waals surface area contributed by atoms with E-state index in [1.165, 1.54) is 64.2 Å². The quantitative estimate of drug-likeness (QED) is 0.269. The molecule has 0 saturated heterocycles. The van der Waals surface area contributed by atoms with Crippen molar-refractivity contribution in [1.82, 2.24) is 5.32 Å². The van der Waals surface area contributed by atoms with Crippen molar-refractivity contribution < 1.29 is 20.1 Å². The Morgan fingerprint density at radius 3 is 1.92 bits per heavy atom. The highest BCUT2D eigenvalue weighted by Crippen LogP contribution is 2.19. The molecule has 0 heterocycles. The number of hydrogen-bond donors (Lipinski definition) is 4. The van der Waals surface area contributed by atoms with Crippen molar-refractivity contribution in [2.75, 3.05) is 25.6 Å². The molecule has 6 heteroatoms. The van der Waals surface area contributed by atoms with Crippen LogP contribution in [0.3, 0.4) is 0 Å². The van der Waals surface area contributed by atoms with Gasteiger partial charge < -0.3 is 20.6 Å². The number of carbonyl (C=O) groups is 1. The third-order valence-corrected chi connectivity index (χ3v) is 6.00. The predicted molar refractivity (Wildman–Crippen MR) is 111 cm³/mol. The molecule has 4 N–H and O–H groups in total. The Morgan fingerprint density at radius 2 is 1.42 bits per heavy atom. The molecule has 0 aliphatic heterocycles. The lowest BCUT2D eigenvalue weighted by Gasteiger charge is -2.28. The number of thioether (sulfide) groups is 1. The van der Waals surface area contributed by atoms with Gasteiger partial charge in [0.1, 0.15) is 5.54 Å². The number of aliphatic hydroxyl groups is 3. The molecule has 0 aromatic carbocycles. The topological polar surface area (TPSA) is 89.8 Å². The number of rotatable bonds is 18. The molecule has 0 aromatic heterocycles. The predicted octanol–water partition coefficient (Wildman–Crippen LogP) is 3.25. The van der Waals surface area contributed by atoms with E-state index in [9.17, 15) is 20.1 Å². The first kappa shape index (κ1) is 25.7. The van der Waals surface area contributed by atoms with Crippen LogP contribution in [-0.2, 0) is 4.79 Å².